The van der Waals surface area contributed by atoms with Crippen molar-refractivity contribution in [2.75, 3.05) is 18.4 Å². The molecule has 0 radical (unpaired) electrons. The predicted molar refractivity (Wildman–Crippen MR) is 84.6 cm³/mol. The van der Waals surface area contributed by atoms with Crippen molar-refractivity contribution in [3.8, 4) is 0 Å². The number of likely N-dealkylation sites (tertiary alicyclic amines) is 1. The van der Waals surface area contributed by atoms with Gasteiger partial charge in [-0.1, -0.05) is 12.1 Å². The fourth-order valence-corrected chi connectivity index (χ4v) is 2.67. The number of carbonyl (C=O) groups excluding carboxylic acids is 1. The number of aromatic nitrogens is 2. The summed E-state index contributed by atoms with van der Waals surface area (Å²) in [7, 11) is 0. The second kappa shape index (κ2) is 6.22. The van der Waals surface area contributed by atoms with E-state index in [9.17, 15) is 4.79 Å². The van der Waals surface area contributed by atoms with E-state index in [1.165, 1.54) is 6.20 Å². The molecule has 1 aromatic heterocycles. The summed E-state index contributed by atoms with van der Waals surface area (Å²) in [6, 6.07) is 7.76. The van der Waals surface area contributed by atoms with Crippen LogP contribution in [0.2, 0.25) is 0 Å². The molecular weight excluding hydrogens is 332 g/mol. The number of para-hydroxylation sites is 1. The first-order valence-electron chi connectivity index (χ1n) is 6.87. The minimum absolute atomic E-state index is 0.0348. The molecule has 1 aliphatic heterocycles. The molecule has 1 aromatic carbocycles. The Labute approximate surface area is 131 Å². The number of benzene rings is 1. The zero-order valence-electron chi connectivity index (χ0n) is 11.4. The SMILES string of the molecule is O=C(c1cnc(Nc2ccccc2Br)cn1)N1CCCC1. The average molecular weight is 347 g/mol. The molecule has 1 saturated heterocycles. The van der Waals surface area contributed by atoms with E-state index >= 15 is 0 Å². The summed E-state index contributed by atoms with van der Waals surface area (Å²) < 4.78 is 0.948. The van der Waals surface area contributed by atoms with E-state index < -0.39 is 0 Å². The van der Waals surface area contributed by atoms with Crippen molar-refractivity contribution < 1.29 is 4.79 Å². The zero-order valence-corrected chi connectivity index (χ0v) is 13.0. The summed E-state index contributed by atoms with van der Waals surface area (Å²) >= 11 is 3.46. The van der Waals surface area contributed by atoms with Gasteiger partial charge in [0.05, 0.1) is 18.1 Å². The van der Waals surface area contributed by atoms with Crippen molar-refractivity contribution in [3.05, 3.63) is 46.8 Å². The molecule has 0 spiro atoms. The monoisotopic (exact) mass is 346 g/mol. The van der Waals surface area contributed by atoms with E-state index in [4.69, 9.17) is 0 Å². The molecule has 1 N–H and O–H groups in total. The second-order valence-corrected chi connectivity index (χ2v) is 5.75. The van der Waals surface area contributed by atoms with Crippen LogP contribution in [0.3, 0.4) is 0 Å². The van der Waals surface area contributed by atoms with Gasteiger partial charge < -0.3 is 10.2 Å². The minimum Gasteiger partial charge on any atom is -0.338 e. The van der Waals surface area contributed by atoms with E-state index in [-0.39, 0.29) is 5.91 Å². The van der Waals surface area contributed by atoms with Gasteiger partial charge >= 0.3 is 0 Å². The molecule has 6 heteroatoms. The summed E-state index contributed by atoms with van der Waals surface area (Å²) in [6.45, 7) is 1.63. The van der Waals surface area contributed by atoms with Gasteiger partial charge in [0, 0.05) is 17.6 Å². The lowest BCUT2D eigenvalue weighted by Gasteiger charge is -2.14. The van der Waals surface area contributed by atoms with Crippen molar-refractivity contribution in [3.63, 3.8) is 0 Å². The van der Waals surface area contributed by atoms with Crippen molar-refractivity contribution in [1.82, 2.24) is 14.9 Å². The number of hydrogen-bond donors (Lipinski definition) is 1. The Hall–Kier alpha value is -1.95. The third-order valence-electron chi connectivity index (χ3n) is 3.40. The second-order valence-electron chi connectivity index (χ2n) is 4.89. The highest BCUT2D eigenvalue weighted by Gasteiger charge is 2.20. The van der Waals surface area contributed by atoms with E-state index in [0.717, 1.165) is 36.1 Å². The third kappa shape index (κ3) is 3.21. The Kier molecular flexibility index (Phi) is 4.15. The molecule has 0 saturated carbocycles. The lowest BCUT2D eigenvalue weighted by atomic mass is 10.3. The molecule has 0 aliphatic carbocycles. The van der Waals surface area contributed by atoms with Crippen molar-refractivity contribution in [2.45, 2.75) is 12.8 Å². The van der Waals surface area contributed by atoms with Crippen LogP contribution in [0.5, 0.6) is 0 Å². The Balaban J connectivity index is 1.72. The summed E-state index contributed by atoms with van der Waals surface area (Å²) in [5.41, 5.74) is 1.31. The number of rotatable bonds is 3. The molecule has 21 heavy (non-hydrogen) atoms. The van der Waals surface area contributed by atoms with Gasteiger partial charge in [-0.05, 0) is 40.9 Å². The Morgan fingerprint density at radius 1 is 1.14 bits per heavy atom. The lowest BCUT2D eigenvalue weighted by molar-refractivity contribution is 0.0786. The fourth-order valence-electron chi connectivity index (χ4n) is 2.29. The quantitative estimate of drug-likeness (QED) is 0.926. The van der Waals surface area contributed by atoms with Crippen LogP contribution in [0.1, 0.15) is 23.3 Å². The maximum Gasteiger partial charge on any atom is 0.274 e. The molecule has 1 amide bonds. The number of amides is 1. The highest BCUT2D eigenvalue weighted by atomic mass is 79.9. The summed E-state index contributed by atoms with van der Waals surface area (Å²) in [4.78, 5) is 22.5. The van der Waals surface area contributed by atoms with Gasteiger partial charge in [0.15, 0.2) is 0 Å². The fraction of sp³-hybridized carbons (Fsp3) is 0.267. The van der Waals surface area contributed by atoms with E-state index in [2.05, 4.69) is 31.2 Å². The van der Waals surface area contributed by atoms with Gasteiger partial charge in [-0.2, -0.15) is 0 Å². The first-order chi connectivity index (χ1) is 10.2. The number of anilines is 2. The molecule has 108 valence electrons. The van der Waals surface area contributed by atoms with Gasteiger partial charge in [0.25, 0.3) is 5.91 Å². The first kappa shape index (κ1) is 14.0. The Morgan fingerprint density at radius 3 is 2.57 bits per heavy atom. The largest absolute Gasteiger partial charge is 0.338 e. The molecule has 0 unspecified atom stereocenters. The lowest BCUT2D eigenvalue weighted by Crippen LogP contribution is -2.28. The van der Waals surface area contributed by atoms with E-state index in [1.807, 2.05) is 29.2 Å². The highest BCUT2D eigenvalue weighted by molar-refractivity contribution is 9.10. The van der Waals surface area contributed by atoms with Gasteiger partial charge in [-0.15, -0.1) is 0 Å². The van der Waals surface area contributed by atoms with Crippen LogP contribution in [0, 0.1) is 0 Å². The molecule has 1 aliphatic rings. The van der Waals surface area contributed by atoms with Crippen molar-refractivity contribution in [1.29, 1.82) is 0 Å². The van der Waals surface area contributed by atoms with Crippen LogP contribution in [0.4, 0.5) is 11.5 Å². The zero-order chi connectivity index (χ0) is 14.7. The molecule has 0 bridgehead atoms. The number of nitrogens with one attached hydrogen (secondary N) is 1. The summed E-state index contributed by atoms with van der Waals surface area (Å²) in [5.74, 6) is 0.576. The third-order valence-corrected chi connectivity index (χ3v) is 4.09. The number of nitrogens with zero attached hydrogens (tertiary/aromatic N) is 3. The van der Waals surface area contributed by atoms with E-state index in [1.54, 1.807) is 6.20 Å². The molecule has 0 atom stereocenters. The van der Waals surface area contributed by atoms with Crippen LogP contribution in [-0.4, -0.2) is 33.9 Å². The molecule has 3 rings (SSSR count). The predicted octanol–water partition coefficient (Wildman–Crippen LogP) is 3.22. The average Bonchev–Trinajstić information content (AvgIpc) is 3.04. The first-order valence-corrected chi connectivity index (χ1v) is 7.66. The smallest absolute Gasteiger partial charge is 0.274 e. The van der Waals surface area contributed by atoms with Crippen LogP contribution >= 0.6 is 15.9 Å². The topological polar surface area (TPSA) is 58.1 Å². The maximum atomic E-state index is 12.2. The van der Waals surface area contributed by atoms with Gasteiger partial charge in [-0.25, -0.2) is 9.97 Å². The minimum atomic E-state index is -0.0348. The van der Waals surface area contributed by atoms with Crippen LogP contribution < -0.4 is 5.32 Å². The summed E-state index contributed by atoms with van der Waals surface area (Å²) in [6.07, 6.45) is 5.25. The van der Waals surface area contributed by atoms with Crippen molar-refractivity contribution in [2.24, 2.45) is 0 Å². The number of carbonyl (C=O) groups is 1. The molecule has 2 heterocycles. The summed E-state index contributed by atoms with van der Waals surface area (Å²) in [5, 5.41) is 3.16. The molecule has 2 aromatic rings. The van der Waals surface area contributed by atoms with Gasteiger partial charge in [0.1, 0.15) is 11.5 Å². The maximum absolute atomic E-state index is 12.2. The van der Waals surface area contributed by atoms with Crippen LogP contribution in [0.15, 0.2) is 41.1 Å². The van der Waals surface area contributed by atoms with Gasteiger partial charge in [-0.3, -0.25) is 4.79 Å². The molecular formula is C15H15BrN4O. The van der Waals surface area contributed by atoms with E-state index in [0.29, 0.717) is 11.5 Å². The van der Waals surface area contributed by atoms with Crippen molar-refractivity contribution >= 4 is 33.3 Å². The standard InChI is InChI=1S/C15H15BrN4O/c16-11-5-1-2-6-12(11)19-14-10-17-13(9-18-14)15(21)20-7-3-4-8-20/h1-2,5-6,9-10H,3-4,7-8H2,(H,18,19). The Morgan fingerprint density at radius 2 is 1.90 bits per heavy atom. The number of halogens is 1. The molecule has 5 nitrogen and oxygen atoms in total. The Bertz CT molecular complexity index is 638. The molecule has 1 fully saturated rings. The van der Waals surface area contributed by atoms with Crippen LogP contribution in [-0.2, 0) is 0 Å². The van der Waals surface area contributed by atoms with Gasteiger partial charge in [0.2, 0.25) is 0 Å². The highest BCUT2D eigenvalue weighted by Crippen LogP contribution is 2.24. The van der Waals surface area contributed by atoms with Crippen LogP contribution in [0.25, 0.3) is 0 Å². The normalized spacial score (nSPS) is 14.2. The number of hydrogen-bond acceptors (Lipinski definition) is 4.